The molecule has 2 rings (SSSR count). The lowest BCUT2D eigenvalue weighted by Gasteiger charge is -2.11. The summed E-state index contributed by atoms with van der Waals surface area (Å²) in [5.41, 5.74) is 2.58. The second kappa shape index (κ2) is 9.68. The number of benzene rings is 2. The zero-order chi connectivity index (χ0) is 18.8. The van der Waals surface area contributed by atoms with E-state index in [1.807, 2.05) is 48.5 Å². The average Bonchev–Trinajstić information content (AvgIpc) is 2.68. The first kappa shape index (κ1) is 18.8. The molecule has 0 radical (unpaired) electrons. The normalized spacial score (nSPS) is 11.5. The van der Waals surface area contributed by atoms with Gasteiger partial charge in [-0.05, 0) is 47.5 Å². The van der Waals surface area contributed by atoms with E-state index in [1.54, 1.807) is 26.4 Å². The Balaban J connectivity index is 2.39. The van der Waals surface area contributed by atoms with Crippen LogP contribution in [0.3, 0.4) is 0 Å². The topological polar surface area (TPSA) is 76.7 Å². The van der Waals surface area contributed by atoms with Crippen molar-refractivity contribution in [1.29, 1.82) is 0 Å². The zero-order valence-electron chi connectivity index (χ0n) is 14.6. The quantitative estimate of drug-likeness (QED) is 0.537. The maximum Gasteiger partial charge on any atom is 0.211 e. The predicted octanol–water partition coefficient (Wildman–Crippen LogP) is 2.58. The van der Waals surface area contributed by atoms with Crippen molar-refractivity contribution >= 4 is 25.0 Å². The van der Waals surface area contributed by atoms with Crippen molar-refractivity contribution in [1.82, 2.24) is 10.6 Å². The van der Waals surface area contributed by atoms with E-state index < -0.39 is 0 Å². The lowest BCUT2D eigenvalue weighted by Crippen LogP contribution is -2.21. The van der Waals surface area contributed by atoms with Gasteiger partial charge >= 0.3 is 0 Å². The molecular formula is C20H20N2O4. The Morgan fingerprint density at radius 1 is 0.692 bits per heavy atom. The van der Waals surface area contributed by atoms with Crippen LogP contribution in [0.15, 0.2) is 59.9 Å². The number of carbonyl (C=O) groups is 2. The number of nitrogens with one attached hydrogen (secondary N) is 2. The summed E-state index contributed by atoms with van der Waals surface area (Å²) in [7, 11) is 3.18. The van der Waals surface area contributed by atoms with Crippen LogP contribution in [0.1, 0.15) is 11.1 Å². The zero-order valence-corrected chi connectivity index (χ0v) is 14.6. The van der Waals surface area contributed by atoms with Gasteiger partial charge in [0.15, 0.2) is 0 Å². The molecule has 2 aromatic carbocycles. The molecule has 0 aliphatic carbocycles. The molecule has 2 aromatic rings. The van der Waals surface area contributed by atoms with Crippen molar-refractivity contribution in [3.63, 3.8) is 0 Å². The SMILES string of the molecule is COc1ccc(/C=C(NC=O)\C(=C/c2ccc(OC)cc2)NC=O)cc1. The van der Waals surface area contributed by atoms with Crippen LogP contribution in [0.5, 0.6) is 11.5 Å². The molecule has 2 N–H and O–H groups in total. The molecule has 0 heterocycles. The molecule has 6 heteroatoms. The lowest BCUT2D eigenvalue weighted by atomic mass is 10.1. The van der Waals surface area contributed by atoms with Crippen LogP contribution in [-0.2, 0) is 9.59 Å². The largest absolute Gasteiger partial charge is 0.497 e. The van der Waals surface area contributed by atoms with Crippen molar-refractivity contribution in [2.75, 3.05) is 14.2 Å². The van der Waals surface area contributed by atoms with E-state index in [1.165, 1.54) is 0 Å². The van der Waals surface area contributed by atoms with Gasteiger partial charge in [0, 0.05) is 0 Å². The standard InChI is InChI=1S/C20H20N2O4/c1-25-17-7-3-15(4-8-17)11-19(21-13-23)20(22-14-24)12-16-5-9-18(26-2)10-6-16/h3-14H,1-2H3,(H,21,23)(H,22,24)/b19-11+,20-12+. The molecule has 0 fully saturated rings. The highest BCUT2D eigenvalue weighted by Gasteiger charge is 2.06. The molecule has 0 saturated carbocycles. The minimum absolute atomic E-state index is 0.452. The van der Waals surface area contributed by atoms with Gasteiger partial charge < -0.3 is 20.1 Å². The lowest BCUT2D eigenvalue weighted by molar-refractivity contribution is -0.110. The summed E-state index contributed by atoms with van der Waals surface area (Å²) in [6.07, 6.45) is 4.62. The second-order valence-corrected chi connectivity index (χ2v) is 5.19. The highest BCUT2D eigenvalue weighted by atomic mass is 16.5. The first-order valence-corrected chi connectivity index (χ1v) is 7.82. The van der Waals surface area contributed by atoms with E-state index >= 15 is 0 Å². The second-order valence-electron chi connectivity index (χ2n) is 5.19. The Hall–Kier alpha value is -3.54. The van der Waals surface area contributed by atoms with Gasteiger partial charge in [0.1, 0.15) is 11.5 Å². The molecule has 6 nitrogen and oxygen atoms in total. The first-order chi connectivity index (χ1) is 12.7. The summed E-state index contributed by atoms with van der Waals surface area (Å²) in [4.78, 5) is 22.0. The fourth-order valence-corrected chi connectivity index (χ4v) is 2.25. The van der Waals surface area contributed by atoms with Crippen molar-refractivity contribution < 1.29 is 19.1 Å². The first-order valence-electron chi connectivity index (χ1n) is 7.82. The number of methoxy groups -OCH3 is 2. The van der Waals surface area contributed by atoms with Gasteiger partial charge in [0.25, 0.3) is 0 Å². The summed E-state index contributed by atoms with van der Waals surface area (Å²) in [6, 6.07) is 14.6. The predicted molar refractivity (Wildman–Crippen MR) is 100 cm³/mol. The molecule has 0 aromatic heterocycles. The smallest absolute Gasteiger partial charge is 0.211 e. The number of ether oxygens (including phenoxy) is 2. The van der Waals surface area contributed by atoms with Crippen molar-refractivity contribution in [3.8, 4) is 11.5 Å². The Bertz CT molecular complexity index is 724. The third-order valence-electron chi connectivity index (χ3n) is 3.57. The van der Waals surface area contributed by atoms with E-state index in [2.05, 4.69) is 10.6 Å². The summed E-state index contributed by atoms with van der Waals surface area (Å²) in [5.74, 6) is 1.46. The van der Waals surface area contributed by atoms with Crippen molar-refractivity contribution in [2.24, 2.45) is 0 Å². The van der Waals surface area contributed by atoms with Crippen LogP contribution in [0.25, 0.3) is 12.2 Å². The van der Waals surface area contributed by atoms with Gasteiger partial charge in [0.2, 0.25) is 12.8 Å². The van der Waals surface area contributed by atoms with Crippen LogP contribution in [-0.4, -0.2) is 27.0 Å². The average molecular weight is 352 g/mol. The van der Waals surface area contributed by atoms with E-state index in [-0.39, 0.29) is 0 Å². The number of hydrogen-bond acceptors (Lipinski definition) is 4. The van der Waals surface area contributed by atoms with Gasteiger partial charge in [-0.1, -0.05) is 24.3 Å². The molecule has 0 saturated heterocycles. The molecule has 2 amide bonds. The number of amides is 2. The van der Waals surface area contributed by atoms with Crippen LogP contribution >= 0.6 is 0 Å². The maximum atomic E-state index is 11.0. The molecule has 0 spiro atoms. The fraction of sp³-hybridized carbons (Fsp3) is 0.100. The third kappa shape index (κ3) is 5.24. The Morgan fingerprint density at radius 2 is 1.04 bits per heavy atom. The summed E-state index contributed by atoms with van der Waals surface area (Å²) in [6.45, 7) is 0. The molecule has 134 valence electrons. The minimum atomic E-state index is 0.452. The van der Waals surface area contributed by atoms with Gasteiger partial charge in [-0.25, -0.2) is 0 Å². The van der Waals surface area contributed by atoms with Crippen LogP contribution in [0.2, 0.25) is 0 Å². The van der Waals surface area contributed by atoms with Gasteiger partial charge in [-0.15, -0.1) is 0 Å². The van der Waals surface area contributed by atoms with E-state index in [0.717, 1.165) is 22.6 Å². The monoisotopic (exact) mass is 352 g/mol. The number of hydrogen-bond donors (Lipinski definition) is 2. The Kier molecular flexibility index (Phi) is 7.00. The van der Waals surface area contributed by atoms with Gasteiger partial charge in [-0.3, -0.25) is 9.59 Å². The summed E-state index contributed by atoms with van der Waals surface area (Å²) < 4.78 is 10.3. The van der Waals surface area contributed by atoms with Crippen LogP contribution < -0.4 is 20.1 Å². The molecule has 0 unspecified atom stereocenters. The van der Waals surface area contributed by atoms with E-state index in [9.17, 15) is 9.59 Å². The highest BCUT2D eigenvalue weighted by molar-refractivity contribution is 5.72. The van der Waals surface area contributed by atoms with Crippen molar-refractivity contribution in [3.05, 3.63) is 71.1 Å². The van der Waals surface area contributed by atoms with Crippen molar-refractivity contribution in [2.45, 2.75) is 0 Å². The van der Waals surface area contributed by atoms with Gasteiger partial charge in [0.05, 0.1) is 25.6 Å². The summed E-state index contributed by atoms with van der Waals surface area (Å²) in [5, 5.41) is 5.24. The fourth-order valence-electron chi connectivity index (χ4n) is 2.25. The molecule has 0 aliphatic rings. The molecular weight excluding hydrogens is 332 g/mol. The Morgan fingerprint density at radius 3 is 1.31 bits per heavy atom. The Labute approximate surface area is 152 Å². The van der Waals surface area contributed by atoms with Crippen LogP contribution in [0.4, 0.5) is 0 Å². The molecule has 26 heavy (non-hydrogen) atoms. The highest BCUT2D eigenvalue weighted by Crippen LogP contribution is 2.18. The molecule has 0 bridgehead atoms. The maximum absolute atomic E-state index is 11.0. The molecule has 0 atom stereocenters. The van der Waals surface area contributed by atoms with Gasteiger partial charge in [-0.2, -0.15) is 0 Å². The molecule has 0 aliphatic heterocycles. The number of carbonyl (C=O) groups excluding carboxylic acids is 2. The van der Waals surface area contributed by atoms with Crippen LogP contribution in [0, 0.1) is 0 Å². The van der Waals surface area contributed by atoms with E-state index in [4.69, 9.17) is 9.47 Å². The third-order valence-corrected chi connectivity index (χ3v) is 3.57. The summed E-state index contributed by atoms with van der Waals surface area (Å²) >= 11 is 0. The number of rotatable bonds is 9. The van der Waals surface area contributed by atoms with E-state index in [0.29, 0.717) is 24.2 Å². The minimum Gasteiger partial charge on any atom is -0.497 e.